The quantitative estimate of drug-likeness (QED) is 0.839. The highest BCUT2D eigenvalue weighted by Crippen LogP contribution is 2.22. The summed E-state index contributed by atoms with van der Waals surface area (Å²) in [5.74, 6) is 0.630. The highest BCUT2D eigenvalue weighted by Gasteiger charge is 2.20. The Balaban J connectivity index is 1.79. The van der Waals surface area contributed by atoms with Crippen LogP contribution in [0.3, 0.4) is 0 Å². The van der Waals surface area contributed by atoms with Crippen LogP contribution >= 0.6 is 0 Å². The Morgan fingerprint density at radius 3 is 3.00 bits per heavy atom. The molecule has 1 saturated heterocycles. The maximum Gasteiger partial charge on any atom is 0.0802 e. The molecular weight excluding hydrogens is 250 g/mol. The van der Waals surface area contributed by atoms with Gasteiger partial charge < -0.3 is 15.1 Å². The third kappa shape index (κ3) is 4.58. The van der Waals surface area contributed by atoms with Gasteiger partial charge in [0.25, 0.3) is 0 Å². The second-order valence-corrected chi connectivity index (χ2v) is 6.04. The second kappa shape index (κ2) is 7.77. The normalized spacial score (nSPS) is 21.9. The Morgan fingerprint density at radius 1 is 1.40 bits per heavy atom. The summed E-state index contributed by atoms with van der Waals surface area (Å²) >= 11 is 0. The monoisotopic (exact) mass is 277 g/mol. The second-order valence-electron chi connectivity index (χ2n) is 6.04. The summed E-state index contributed by atoms with van der Waals surface area (Å²) in [6.07, 6.45) is 3.78. The number of likely N-dealkylation sites (tertiary alicyclic amines) is 1. The molecule has 2 unspecified atom stereocenters. The Hall–Kier alpha value is -0.900. The molecule has 0 amide bonds. The third-order valence-corrected chi connectivity index (χ3v) is 4.29. The number of rotatable bonds is 6. The van der Waals surface area contributed by atoms with Gasteiger partial charge >= 0.3 is 0 Å². The molecule has 1 aromatic carbocycles. The predicted molar refractivity (Wildman–Crippen MR) is 81.6 cm³/mol. The molecule has 0 saturated carbocycles. The van der Waals surface area contributed by atoms with Gasteiger partial charge in [0.1, 0.15) is 0 Å². The fraction of sp³-hybridized carbons (Fsp3) is 0.647. The number of aliphatic hydroxyl groups excluding tert-OH is 2. The van der Waals surface area contributed by atoms with Crippen molar-refractivity contribution in [2.75, 3.05) is 26.2 Å². The molecule has 1 aromatic rings. The van der Waals surface area contributed by atoms with Crippen molar-refractivity contribution in [1.82, 2.24) is 4.90 Å². The lowest BCUT2D eigenvalue weighted by Gasteiger charge is -2.33. The Labute approximate surface area is 122 Å². The van der Waals surface area contributed by atoms with Crippen molar-refractivity contribution in [2.24, 2.45) is 5.92 Å². The van der Waals surface area contributed by atoms with Gasteiger partial charge in [0.2, 0.25) is 0 Å². The van der Waals surface area contributed by atoms with Gasteiger partial charge in [0.05, 0.1) is 6.10 Å². The maximum atomic E-state index is 10.3. The van der Waals surface area contributed by atoms with Gasteiger partial charge in [-0.1, -0.05) is 29.8 Å². The minimum atomic E-state index is -0.367. The zero-order chi connectivity index (χ0) is 14.4. The lowest BCUT2D eigenvalue weighted by Crippen LogP contribution is -2.36. The standard InChI is InChI=1S/C17H27NO2/c1-14-4-2-6-16(12-14)17(20)7-10-18-9-3-5-15(13-18)8-11-19/h2,4,6,12,15,17,19-20H,3,5,7-11,13H2,1H3. The Kier molecular flexibility index (Phi) is 6.02. The van der Waals surface area contributed by atoms with E-state index in [4.69, 9.17) is 5.11 Å². The molecule has 0 spiro atoms. The first-order valence-electron chi connectivity index (χ1n) is 7.77. The fourth-order valence-corrected chi connectivity index (χ4v) is 3.12. The van der Waals surface area contributed by atoms with E-state index in [1.165, 1.54) is 18.4 Å². The SMILES string of the molecule is Cc1cccc(C(O)CCN2CCCC(CCO)C2)c1. The largest absolute Gasteiger partial charge is 0.396 e. The lowest BCUT2D eigenvalue weighted by atomic mass is 9.94. The Morgan fingerprint density at radius 2 is 2.25 bits per heavy atom. The maximum absolute atomic E-state index is 10.3. The number of aryl methyl sites for hydroxylation is 1. The molecule has 0 radical (unpaired) electrons. The van der Waals surface area contributed by atoms with E-state index >= 15 is 0 Å². The van der Waals surface area contributed by atoms with Gasteiger partial charge in [-0.3, -0.25) is 0 Å². The molecular formula is C17H27NO2. The zero-order valence-electron chi connectivity index (χ0n) is 12.5. The average Bonchev–Trinajstić information content (AvgIpc) is 2.45. The van der Waals surface area contributed by atoms with E-state index in [9.17, 15) is 5.11 Å². The molecule has 1 aliphatic heterocycles. The number of aliphatic hydroxyl groups is 2. The van der Waals surface area contributed by atoms with Crippen LogP contribution < -0.4 is 0 Å². The molecule has 0 bridgehead atoms. The van der Waals surface area contributed by atoms with Gasteiger partial charge in [-0.15, -0.1) is 0 Å². The summed E-state index contributed by atoms with van der Waals surface area (Å²) < 4.78 is 0. The molecule has 2 rings (SSSR count). The van der Waals surface area contributed by atoms with Crippen molar-refractivity contribution in [1.29, 1.82) is 0 Å². The van der Waals surface area contributed by atoms with Crippen molar-refractivity contribution in [3.8, 4) is 0 Å². The highest BCUT2D eigenvalue weighted by atomic mass is 16.3. The van der Waals surface area contributed by atoms with E-state index in [0.29, 0.717) is 12.5 Å². The number of piperidine rings is 1. The van der Waals surface area contributed by atoms with E-state index < -0.39 is 0 Å². The smallest absolute Gasteiger partial charge is 0.0802 e. The molecule has 3 heteroatoms. The number of benzene rings is 1. The minimum Gasteiger partial charge on any atom is -0.396 e. The van der Waals surface area contributed by atoms with E-state index in [1.807, 2.05) is 12.1 Å². The van der Waals surface area contributed by atoms with Crippen molar-refractivity contribution < 1.29 is 10.2 Å². The first kappa shape index (κ1) is 15.5. The van der Waals surface area contributed by atoms with Gasteiger partial charge in [-0.05, 0) is 50.6 Å². The van der Waals surface area contributed by atoms with Crippen LogP contribution in [-0.4, -0.2) is 41.4 Å². The summed E-state index contributed by atoms with van der Waals surface area (Å²) in [7, 11) is 0. The molecule has 1 heterocycles. The van der Waals surface area contributed by atoms with Crippen LogP contribution in [0.25, 0.3) is 0 Å². The summed E-state index contributed by atoms with van der Waals surface area (Å²) in [5.41, 5.74) is 2.22. The van der Waals surface area contributed by atoms with E-state index in [1.54, 1.807) is 0 Å². The van der Waals surface area contributed by atoms with Crippen molar-refractivity contribution >= 4 is 0 Å². The van der Waals surface area contributed by atoms with Crippen molar-refractivity contribution in [3.63, 3.8) is 0 Å². The van der Waals surface area contributed by atoms with Gasteiger partial charge in [0.15, 0.2) is 0 Å². The Bertz CT molecular complexity index is 406. The first-order valence-corrected chi connectivity index (χ1v) is 7.77. The number of hydrogen-bond acceptors (Lipinski definition) is 3. The highest BCUT2D eigenvalue weighted by molar-refractivity contribution is 5.23. The van der Waals surface area contributed by atoms with Crippen LogP contribution in [-0.2, 0) is 0 Å². The zero-order valence-corrected chi connectivity index (χ0v) is 12.5. The molecule has 1 fully saturated rings. The molecule has 112 valence electrons. The molecule has 0 aliphatic carbocycles. The van der Waals surface area contributed by atoms with E-state index in [0.717, 1.165) is 38.0 Å². The summed E-state index contributed by atoms with van der Waals surface area (Å²) in [5, 5.41) is 19.3. The number of nitrogens with zero attached hydrogens (tertiary/aromatic N) is 1. The summed E-state index contributed by atoms with van der Waals surface area (Å²) in [6, 6.07) is 8.13. The van der Waals surface area contributed by atoms with Crippen LogP contribution in [0.5, 0.6) is 0 Å². The van der Waals surface area contributed by atoms with Gasteiger partial charge in [0, 0.05) is 19.7 Å². The molecule has 0 aromatic heterocycles. The molecule has 3 nitrogen and oxygen atoms in total. The molecule has 2 N–H and O–H groups in total. The minimum absolute atomic E-state index is 0.296. The van der Waals surface area contributed by atoms with Crippen LogP contribution in [0.4, 0.5) is 0 Å². The van der Waals surface area contributed by atoms with Crippen molar-refractivity contribution in [2.45, 2.75) is 38.7 Å². The average molecular weight is 277 g/mol. The number of hydrogen-bond donors (Lipinski definition) is 2. The lowest BCUT2D eigenvalue weighted by molar-refractivity contribution is 0.110. The van der Waals surface area contributed by atoms with Crippen LogP contribution in [0.1, 0.15) is 42.9 Å². The molecule has 1 aliphatic rings. The van der Waals surface area contributed by atoms with Crippen LogP contribution in [0, 0.1) is 12.8 Å². The summed E-state index contributed by atoms with van der Waals surface area (Å²) in [4.78, 5) is 2.43. The predicted octanol–water partition coefficient (Wildman–Crippen LogP) is 2.51. The fourth-order valence-electron chi connectivity index (χ4n) is 3.12. The van der Waals surface area contributed by atoms with Crippen LogP contribution in [0.15, 0.2) is 24.3 Å². The third-order valence-electron chi connectivity index (χ3n) is 4.29. The van der Waals surface area contributed by atoms with E-state index in [-0.39, 0.29) is 6.10 Å². The molecule has 2 atom stereocenters. The van der Waals surface area contributed by atoms with Gasteiger partial charge in [-0.25, -0.2) is 0 Å². The topological polar surface area (TPSA) is 43.7 Å². The first-order chi connectivity index (χ1) is 9.69. The van der Waals surface area contributed by atoms with E-state index in [2.05, 4.69) is 24.0 Å². The summed E-state index contributed by atoms with van der Waals surface area (Å²) in [6.45, 7) is 5.49. The molecule has 20 heavy (non-hydrogen) atoms. The van der Waals surface area contributed by atoms with Gasteiger partial charge in [-0.2, -0.15) is 0 Å². The van der Waals surface area contributed by atoms with Crippen molar-refractivity contribution in [3.05, 3.63) is 35.4 Å². The van der Waals surface area contributed by atoms with Crippen LogP contribution in [0.2, 0.25) is 0 Å².